The Morgan fingerprint density at radius 2 is 2.26 bits per heavy atom. The van der Waals surface area contributed by atoms with Gasteiger partial charge in [0.2, 0.25) is 0 Å². The van der Waals surface area contributed by atoms with Gasteiger partial charge in [0.15, 0.2) is 11.4 Å². The molecule has 0 fully saturated rings. The van der Waals surface area contributed by atoms with E-state index in [9.17, 15) is 9.18 Å². The maximum atomic E-state index is 13.1. The minimum absolute atomic E-state index is 0.0607. The number of primary amides is 1. The number of halogens is 1. The van der Waals surface area contributed by atoms with E-state index in [1.807, 2.05) is 0 Å². The summed E-state index contributed by atoms with van der Waals surface area (Å²) < 4.78 is 19.8. The largest absolute Gasteiger partial charge is 0.490 e. The average Bonchev–Trinajstić information content (AvgIpc) is 2.73. The second-order valence-corrected chi connectivity index (χ2v) is 4.01. The molecule has 19 heavy (non-hydrogen) atoms. The molecular formula is C13H14FN3O2. The van der Waals surface area contributed by atoms with Gasteiger partial charge in [-0.1, -0.05) is 0 Å². The molecule has 0 bridgehead atoms. The van der Waals surface area contributed by atoms with Crippen molar-refractivity contribution in [2.24, 2.45) is 5.73 Å². The summed E-state index contributed by atoms with van der Waals surface area (Å²) in [5, 5.41) is 4.08. The number of benzene rings is 1. The Balaban J connectivity index is 2.50. The molecule has 0 atom stereocenters. The number of hydrogen-bond donors (Lipinski definition) is 1. The van der Waals surface area contributed by atoms with Gasteiger partial charge in [-0.05, 0) is 37.6 Å². The molecule has 0 aliphatic carbocycles. The van der Waals surface area contributed by atoms with Crippen molar-refractivity contribution in [3.8, 4) is 11.4 Å². The van der Waals surface area contributed by atoms with Gasteiger partial charge in [-0.2, -0.15) is 5.10 Å². The lowest BCUT2D eigenvalue weighted by atomic mass is 10.2. The molecule has 0 spiro atoms. The molecule has 1 aromatic heterocycles. The van der Waals surface area contributed by atoms with Crippen molar-refractivity contribution in [1.82, 2.24) is 9.78 Å². The van der Waals surface area contributed by atoms with Crippen molar-refractivity contribution in [2.45, 2.75) is 13.8 Å². The fraction of sp³-hybridized carbons (Fsp3) is 0.231. The molecule has 6 heteroatoms. The first-order valence-corrected chi connectivity index (χ1v) is 5.81. The summed E-state index contributed by atoms with van der Waals surface area (Å²) >= 11 is 0. The predicted molar refractivity (Wildman–Crippen MR) is 67.9 cm³/mol. The second kappa shape index (κ2) is 5.09. The van der Waals surface area contributed by atoms with E-state index in [0.717, 1.165) is 0 Å². The Morgan fingerprint density at radius 3 is 2.84 bits per heavy atom. The van der Waals surface area contributed by atoms with Crippen molar-refractivity contribution in [3.05, 3.63) is 41.5 Å². The van der Waals surface area contributed by atoms with E-state index in [1.54, 1.807) is 26.1 Å². The van der Waals surface area contributed by atoms with E-state index >= 15 is 0 Å². The highest BCUT2D eigenvalue weighted by molar-refractivity contribution is 5.93. The van der Waals surface area contributed by atoms with Crippen LogP contribution in [0.25, 0.3) is 5.69 Å². The van der Waals surface area contributed by atoms with Crippen LogP contribution in [-0.2, 0) is 0 Å². The Kier molecular flexibility index (Phi) is 3.50. The zero-order valence-electron chi connectivity index (χ0n) is 10.7. The number of rotatable bonds is 4. The smallest absolute Gasteiger partial charge is 0.273 e. The average molecular weight is 263 g/mol. The van der Waals surface area contributed by atoms with Crippen molar-refractivity contribution in [1.29, 1.82) is 0 Å². The zero-order valence-corrected chi connectivity index (χ0v) is 10.7. The SMILES string of the molecule is CCOc1cn(-c2ccc(F)cc2C)nc1C(N)=O. The van der Waals surface area contributed by atoms with Crippen LogP contribution in [-0.4, -0.2) is 22.3 Å². The molecule has 2 rings (SSSR count). The molecule has 2 aromatic rings. The minimum atomic E-state index is -0.665. The highest BCUT2D eigenvalue weighted by Gasteiger charge is 2.16. The van der Waals surface area contributed by atoms with E-state index in [4.69, 9.17) is 10.5 Å². The monoisotopic (exact) mass is 263 g/mol. The molecule has 1 heterocycles. The molecule has 0 saturated carbocycles. The molecule has 1 aromatic carbocycles. The molecule has 0 saturated heterocycles. The third kappa shape index (κ3) is 2.57. The van der Waals surface area contributed by atoms with Gasteiger partial charge in [0.1, 0.15) is 5.82 Å². The van der Waals surface area contributed by atoms with Gasteiger partial charge < -0.3 is 10.5 Å². The number of ether oxygens (including phenoxy) is 1. The van der Waals surface area contributed by atoms with Crippen LogP contribution in [0.1, 0.15) is 23.0 Å². The van der Waals surface area contributed by atoms with Crippen molar-refractivity contribution < 1.29 is 13.9 Å². The molecule has 0 unspecified atom stereocenters. The van der Waals surface area contributed by atoms with Crippen LogP contribution in [0.5, 0.6) is 5.75 Å². The Morgan fingerprint density at radius 1 is 1.53 bits per heavy atom. The number of carbonyl (C=O) groups excluding carboxylic acids is 1. The normalized spacial score (nSPS) is 10.5. The number of carbonyl (C=O) groups is 1. The summed E-state index contributed by atoms with van der Waals surface area (Å²) in [6.07, 6.45) is 1.56. The van der Waals surface area contributed by atoms with Crippen LogP contribution in [0.15, 0.2) is 24.4 Å². The molecule has 1 amide bonds. The lowest BCUT2D eigenvalue weighted by Gasteiger charge is -2.05. The highest BCUT2D eigenvalue weighted by Crippen LogP contribution is 2.21. The van der Waals surface area contributed by atoms with Gasteiger partial charge in [0, 0.05) is 0 Å². The summed E-state index contributed by atoms with van der Waals surface area (Å²) in [5.74, 6) is -0.672. The fourth-order valence-electron chi connectivity index (χ4n) is 1.79. The van der Waals surface area contributed by atoms with Gasteiger partial charge in [-0.15, -0.1) is 0 Å². The van der Waals surface area contributed by atoms with E-state index in [2.05, 4.69) is 5.10 Å². The maximum absolute atomic E-state index is 13.1. The van der Waals surface area contributed by atoms with E-state index < -0.39 is 5.91 Å². The Labute approximate surface area is 109 Å². The number of hydrogen-bond acceptors (Lipinski definition) is 3. The summed E-state index contributed by atoms with van der Waals surface area (Å²) in [4.78, 5) is 11.3. The fourth-order valence-corrected chi connectivity index (χ4v) is 1.79. The van der Waals surface area contributed by atoms with Crippen LogP contribution < -0.4 is 10.5 Å². The van der Waals surface area contributed by atoms with Gasteiger partial charge in [-0.3, -0.25) is 4.79 Å². The molecule has 5 nitrogen and oxygen atoms in total. The van der Waals surface area contributed by atoms with Crippen LogP contribution in [0, 0.1) is 12.7 Å². The van der Waals surface area contributed by atoms with Gasteiger partial charge in [0.05, 0.1) is 18.5 Å². The van der Waals surface area contributed by atoms with E-state index in [-0.39, 0.29) is 11.5 Å². The quantitative estimate of drug-likeness (QED) is 0.914. The van der Waals surface area contributed by atoms with Crippen molar-refractivity contribution in [3.63, 3.8) is 0 Å². The summed E-state index contributed by atoms with van der Waals surface area (Å²) in [6.45, 7) is 3.95. The first-order chi connectivity index (χ1) is 9.02. The molecule has 2 N–H and O–H groups in total. The lowest BCUT2D eigenvalue weighted by Crippen LogP contribution is -2.14. The third-order valence-corrected chi connectivity index (χ3v) is 2.62. The first-order valence-electron chi connectivity index (χ1n) is 5.81. The number of aromatic nitrogens is 2. The van der Waals surface area contributed by atoms with Crippen molar-refractivity contribution >= 4 is 5.91 Å². The van der Waals surface area contributed by atoms with Gasteiger partial charge in [0.25, 0.3) is 5.91 Å². The van der Waals surface area contributed by atoms with Gasteiger partial charge in [-0.25, -0.2) is 9.07 Å². The summed E-state index contributed by atoms with van der Waals surface area (Å²) in [7, 11) is 0. The standard InChI is InChI=1S/C13H14FN3O2/c1-3-19-11-7-17(16-12(11)13(15)18)10-5-4-9(14)6-8(10)2/h4-7H,3H2,1-2H3,(H2,15,18). The minimum Gasteiger partial charge on any atom is -0.490 e. The summed E-state index contributed by atoms with van der Waals surface area (Å²) in [5.41, 5.74) is 6.66. The number of nitrogens with two attached hydrogens (primary N) is 1. The van der Waals surface area contributed by atoms with Crippen molar-refractivity contribution in [2.75, 3.05) is 6.61 Å². The topological polar surface area (TPSA) is 70.1 Å². The van der Waals surface area contributed by atoms with Crippen LogP contribution >= 0.6 is 0 Å². The molecule has 100 valence electrons. The molecule has 0 aliphatic heterocycles. The van der Waals surface area contributed by atoms with Crippen LogP contribution in [0.3, 0.4) is 0 Å². The Hall–Kier alpha value is -2.37. The lowest BCUT2D eigenvalue weighted by molar-refractivity contribution is 0.0991. The second-order valence-electron chi connectivity index (χ2n) is 4.01. The van der Waals surface area contributed by atoms with E-state index in [1.165, 1.54) is 16.8 Å². The van der Waals surface area contributed by atoms with Gasteiger partial charge >= 0.3 is 0 Å². The predicted octanol–water partition coefficient (Wildman–Crippen LogP) is 1.82. The molecule has 0 radical (unpaired) electrons. The first kappa shape index (κ1) is 13.1. The Bertz CT molecular complexity index is 622. The van der Waals surface area contributed by atoms with E-state index in [0.29, 0.717) is 23.6 Å². The summed E-state index contributed by atoms with van der Waals surface area (Å²) in [6, 6.07) is 4.30. The maximum Gasteiger partial charge on any atom is 0.273 e. The number of nitrogens with zero attached hydrogens (tertiary/aromatic N) is 2. The highest BCUT2D eigenvalue weighted by atomic mass is 19.1. The van der Waals surface area contributed by atoms with Crippen LogP contribution in [0.2, 0.25) is 0 Å². The number of amides is 1. The van der Waals surface area contributed by atoms with Crippen LogP contribution in [0.4, 0.5) is 4.39 Å². The number of aryl methyl sites for hydroxylation is 1. The molecular weight excluding hydrogens is 249 g/mol. The third-order valence-electron chi connectivity index (χ3n) is 2.62. The molecule has 0 aliphatic rings. The zero-order chi connectivity index (χ0) is 14.0.